The highest BCUT2D eigenvalue weighted by Gasteiger charge is 2.29. The first-order chi connectivity index (χ1) is 12.2. The van der Waals surface area contributed by atoms with Crippen molar-refractivity contribution in [3.05, 3.63) is 36.1 Å². The molecule has 1 aromatic heterocycles. The topological polar surface area (TPSA) is 28.9 Å². The second-order valence-corrected chi connectivity index (χ2v) is 7.93. The van der Waals surface area contributed by atoms with Crippen molar-refractivity contribution < 1.29 is 9.15 Å². The fourth-order valence-electron chi connectivity index (χ4n) is 4.38. The Bertz CT molecular complexity index is 690. The summed E-state index contributed by atoms with van der Waals surface area (Å²) in [5, 5.41) is 1.19. The predicted octanol–water partition coefficient (Wildman–Crippen LogP) is 3.55. The first kappa shape index (κ1) is 17.1. The smallest absolute Gasteiger partial charge is 0.133 e. The van der Waals surface area contributed by atoms with Crippen LogP contribution in [-0.2, 0) is 11.2 Å². The molecule has 0 radical (unpaired) electrons. The minimum Gasteiger partial charge on any atom is -0.464 e. The van der Waals surface area contributed by atoms with E-state index in [1.165, 1.54) is 49.7 Å². The second kappa shape index (κ2) is 7.48. The molecule has 136 valence electrons. The number of benzene rings is 1. The summed E-state index contributed by atoms with van der Waals surface area (Å²) in [5.74, 6) is 0. The fraction of sp³-hybridized carbons (Fsp3) is 0.619. The number of hydrogen-bond acceptors (Lipinski definition) is 4. The van der Waals surface area contributed by atoms with Crippen LogP contribution in [0, 0.1) is 0 Å². The van der Waals surface area contributed by atoms with Gasteiger partial charge in [-0.25, -0.2) is 0 Å². The van der Waals surface area contributed by atoms with Crippen LogP contribution in [0.25, 0.3) is 11.0 Å². The van der Waals surface area contributed by atoms with Gasteiger partial charge < -0.3 is 19.0 Å². The number of piperidine rings is 1. The molecule has 0 bridgehead atoms. The van der Waals surface area contributed by atoms with Gasteiger partial charge in [-0.15, -0.1) is 0 Å². The zero-order valence-electron chi connectivity index (χ0n) is 15.5. The van der Waals surface area contributed by atoms with E-state index >= 15 is 0 Å². The molecule has 2 aliphatic rings. The number of fused-ring (bicyclic) bond motifs is 1. The van der Waals surface area contributed by atoms with Gasteiger partial charge in [0.1, 0.15) is 5.58 Å². The maximum Gasteiger partial charge on any atom is 0.133 e. The van der Waals surface area contributed by atoms with E-state index in [0.29, 0.717) is 12.2 Å². The Balaban J connectivity index is 1.27. The predicted molar refractivity (Wildman–Crippen MR) is 101 cm³/mol. The molecule has 2 saturated heterocycles. The lowest BCUT2D eigenvalue weighted by Crippen LogP contribution is -2.44. The molecule has 2 atom stereocenters. The van der Waals surface area contributed by atoms with Crippen LogP contribution in [0.4, 0.5) is 0 Å². The summed E-state index contributed by atoms with van der Waals surface area (Å²) >= 11 is 0. The Hall–Kier alpha value is -1.36. The molecule has 4 nitrogen and oxygen atoms in total. The van der Waals surface area contributed by atoms with Crippen LogP contribution in [0.2, 0.25) is 0 Å². The van der Waals surface area contributed by atoms with Gasteiger partial charge in [-0.1, -0.05) is 6.07 Å². The molecule has 3 heterocycles. The molecule has 0 aliphatic carbocycles. The Morgan fingerprint density at radius 1 is 1.08 bits per heavy atom. The lowest BCUT2D eigenvalue weighted by Gasteiger charge is -2.36. The number of ether oxygens (including phenoxy) is 1. The highest BCUT2D eigenvalue weighted by molar-refractivity contribution is 5.77. The Morgan fingerprint density at radius 3 is 2.72 bits per heavy atom. The summed E-state index contributed by atoms with van der Waals surface area (Å²) in [4.78, 5) is 4.97. The van der Waals surface area contributed by atoms with Crippen molar-refractivity contribution >= 4 is 11.0 Å². The minimum absolute atomic E-state index is 0.361. The summed E-state index contributed by atoms with van der Waals surface area (Å²) in [7, 11) is 4.50. The maximum absolute atomic E-state index is 6.37. The van der Waals surface area contributed by atoms with Crippen LogP contribution in [0.1, 0.15) is 31.2 Å². The molecule has 0 saturated carbocycles. The lowest BCUT2D eigenvalue weighted by molar-refractivity contribution is 0.0144. The average molecular weight is 342 g/mol. The quantitative estimate of drug-likeness (QED) is 0.831. The number of furan rings is 1. The van der Waals surface area contributed by atoms with E-state index < -0.39 is 0 Å². The summed E-state index contributed by atoms with van der Waals surface area (Å²) in [6, 6.07) is 9.24. The van der Waals surface area contributed by atoms with E-state index in [1.54, 1.807) is 6.26 Å². The zero-order valence-corrected chi connectivity index (χ0v) is 15.5. The molecule has 0 spiro atoms. The molecular formula is C21H30N2O2. The molecule has 4 rings (SSSR count). The maximum atomic E-state index is 6.37. The van der Waals surface area contributed by atoms with Gasteiger partial charge >= 0.3 is 0 Å². The Morgan fingerprint density at radius 2 is 1.88 bits per heavy atom. The van der Waals surface area contributed by atoms with Gasteiger partial charge in [0.2, 0.25) is 0 Å². The molecule has 2 fully saturated rings. The molecule has 0 unspecified atom stereocenters. The number of hydrogen-bond donors (Lipinski definition) is 0. The number of likely N-dealkylation sites (tertiary alicyclic amines) is 1. The normalized spacial score (nSPS) is 26.0. The van der Waals surface area contributed by atoms with Crippen molar-refractivity contribution in [2.45, 2.75) is 50.4 Å². The van der Waals surface area contributed by atoms with Crippen molar-refractivity contribution in [2.24, 2.45) is 0 Å². The summed E-state index contributed by atoms with van der Waals surface area (Å²) < 4.78 is 11.8. The molecular weight excluding hydrogens is 312 g/mol. The van der Waals surface area contributed by atoms with Gasteiger partial charge in [-0.05, 0) is 83.1 Å². The first-order valence-electron chi connectivity index (χ1n) is 9.68. The van der Waals surface area contributed by atoms with Crippen LogP contribution in [0.5, 0.6) is 0 Å². The highest BCUT2D eigenvalue weighted by Crippen LogP contribution is 2.26. The molecule has 0 N–H and O–H groups in total. The SMILES string of the molecule is CN1CCC(N(C)C[C@@H]2CC[C@H](Cc3ccc4occc4c3)O2)CC1. The second-order valence-electron chi connectivity index (χ2n) is 7.93. The minimum atomic E-state index is 0.361. The standard InChI is InChI=1S/C21H30N2O2/c1-22-10-7-18(8-11-22)23(2)15-20-5-4-19(25-20)14-16-3-6-21-17(13-16)9-12-24-21/h3,6,9,12-13,18-20H,4-5,7-8,10-11,14-15H2,1-2H3/t19-,20+/m1/s1. The highest BCUT2D eigenvalue weighted by atomic mass is 16.5. The molecule has 25 heavy (non-hydrogen) atoms. The van der Waals surface area contributed by atoms with E-state index in [9.17, 15) is 0 Å². The third-order valence-electron chi connectivity index (χ3n) is 5.98. The molecule has 1 aromatic carbocycles. The van der Waals surface area contributed by atoms with Crippen molar-refractivity contribution in [2.75, 3.05) is 33.7 Å². The van der Waals surface area contributed by atoms with Gasteiger partial charge in [0.05, 0.1) is 18.5 Å². The van der Waals surface area contributed by atoms with E-state index in [2.05, 4.69) is 42.1 Å². The van der Waals surface area contributed by atoms with Crippen LogP contribution in [0.15, 0.2) is 34.9 Å². The van der Waals surface area contributed by atoms with Crippen LogP contribution in [0.3, 0.4) is 0 Å². The van der Waals surface area contributed by atoms with E-state index in [0.717, 1.165) is 24.6 Å². The third kappa shape index (κ3) is 4.08. The summed E-state index contributed by atoms with van der Waals surface area (Å²) in [6.45, 7) is 3.52. The van der Waals surface area contributed by atoms with Gasteiger partial charge in [0.15, 0.2) is 0 Å². The monoisotopic (exact) mass is 342 g/mol. The van der Waals surface area contributed by atoms with E-state index in [-0.39, 0.29) is 0 Å². The van der Waals surface area contributed by atoms with Gasteiger partial charge in [0, 0.05) is 18.0 Å². The van der Waals surface area contributed by atoms with Crippen molar-refractivity contribution in [1.29, 1.82) is 0 Å². The number of likely N-dealkylation sites (N-methyl/N-ethyl adjacent to an activating group) is 1. The first-order valence-corrected chi connectivity index (χ1v) is 9.68. The third-order valence-corrected chi connectivity index (χ3v) is 5.98. The van der Waals surface area contributed by atoms with Crippen molar-refractivity contribution in [1.82, 2.24) is 9.80 Å². The summed E-state index contributed by atoms with van der Waals surface area (Å²) in [6.07, 6.45) is 8.46. The lowest BCUT2D eigenvalue weighted by atomic mass is 10.0. The van der Waals surface area contributed by atoms with Gasteiger partial charge in [-0.3, -0.25) is 0 Å². The molecule has 0 amide bonds. The molecule has 4 heteroatoms. The van der Waals surface area contributed by atoms with Gasteiger partial charge in [-0.2, -0.15) is 0 Å². The Labute approximate surface area is 150 Å². The van der Waals surface area contributed by atoms with Crippen molar-refractivity contribution in [3.63, 3.8) is 0 Å². The van der Waals surface area contributed by atoms with Crippen molar-refractivity contribution in [3.8, 4) is 0 Å². The number of nitrogens with zero attached hydrogens (tertiary/aromatic N) is 2. The summed E-state index contributed by atoms with van der Waals surface area (Å²) in [5.41, 5.74) is 2.32. The average Bonchev–Trinajstić information content (AvgIpc) is 3.24. The van der Waals surface area contributed by atoms with Crippen LogP contribution in [-0.4, -0.2) is 61.8 Å². The molecule has 2 aromatic rings. The zero-order chi connectivity index (χ0) is 17.2. The fourth-order valence-corrected chi connectivity index (χ4v) is 4.38. The number of rotatable bonds is 5. The van der Waals surface area contributed by atoms with Crippen LogP contribution < -0.4 is 0 Å². The van der Waals surface area contributed by atoms with Gasteiger partial charge in [0.25, 0.3) is 0 Å². The Kier molecular flexibility index (Phi) is 5.11. The van der Waals surface area contributed by atoms with E-state index in [4.69, 9.17) is 9.15 Å². The largest absolute Gasteiger partial charge is 0.464 e. The van der Waals surface area contributed by atoms with Crippen LogP contribution >= 0.6 is 0 Å². The van der Waals surface area contributed by atoms with E-state index in [1.807, 2.05) is 6.07 Å². The molecule has 2 aliphatic heterocycles.